The molecule has 1 aromatic heterocycles. The highest BCUT2D eigenvalue weighted by molar-refractivity contribution is 6.30. The fourth-order valence-corrected chi connectivity index (χ4v) is 2.22. The van der Waals surface area contributed by atoms with Crippen LogP contribution >= 0.6 is 11.6 Å². The Bertz CT molecular complexity index is 783. The molecule has 2 N–H and O–H groups in total. The molecule has 0 aliphatic heterocycles. The average Bonchev–Trinajstić information content (AvgIpc) is 2.85. The number of aryl methyl sites for hydroxylation is 1. The maximum atomic E-state index is 5.98. The van der Waals surface area contributed by atoms with Gasteiger partial charge in [0.15, 0.2) is 5.75 Å². The first-order valence-corrected chi connectivity index (χ1v) is 6.83. The zero-order valence-electron chi connectivity index (χ0n) is 11.5. The molecule has 0 amide bonds. The Hall–Kier alpha value is -2.46. The van der Waals surface area contributed by atoms with Crippen molar-refractivity contribution < 1.29 is 4.74 Å². The van der Waals surface area contributed by atoms with E-state index in [1.54, 1.807) is 24.5 Å². The van der Waals surface area contributed by atoms with E-state index in [4.69, 9.17) is 22.1 Å². The summed E-state index contributed by atoms with van der Waals surface area (Å²) in [5.41, 5.74) is 8.29. The number of aromatic nitrogens is 2. The van der Waals surface area contributed by atoms with E-state index in [9.17, 15) is 0 Å². The Morgan fingerprint density at radius 1 is 1.19 bits per heavy atom. The monoisotopic (exact) mass is 299 g/mol. The Labute approximate surface area is 127 Å². The Kier molecular flexibility index (Phi) is 3.54. The Balaban J connectivity index is 2.02. The van der Waals surface area contributed by atoms with E-state index in [0.29, 0.717) is 22.2 Å². The third kappa shape index (κ3) is 3.01. The molecule has 3 aromatic rings. The normalized spacial score (nSPS) is 10.6. The second-order valence-corrected chi connectivity index (χ2v) is 5.15. The van der Waals surface area contributed by atoms with Gasteiger partial charge < -0.3 is 15.0 Å². The predicted octanol–water partition coefficient (Wildman–Crippen LogP) is 4.21. The van der Waals surface area contributed by atoms with Gasteiger partial charge in [-0.1, -0.05) is 17.7 Å². The molecular weight excluding hydrogens is 286 g/mol. The van der Waals surface area contributed by atoms with Crippen molar-refractivity contribution in [1.82, 2.24) is 9.55 Å². The number of anilines is 1. The number of benzene rings is 2. The summed E-state index contributed by atoms with van der Waals surface area (Å²) in [5.74, 6) is 1.31. The van der Waals surface area contributed by atoms with Crippen LogP contribution in [0.4, 0.5) is 5.69 Å². The van der Waals surface area contributed by atoms with Gasteiger partial charge in [0, 0.05) is 23.0 Å². The lowest BCUT2D eigenvalue weighted by Gasteiger charge is -2.12. The van der Waals surface area contributed by atoms with Crippen molar-refractivity contribution in [3.05, 3.63) is 65.7 Å². The first-order valence-electron chi connectivity index (χ1n) is 6.46. The van der Waals surface area contributed by atoms with E-state index in [1.807, 2.05) is 42.0 Å². The lowest BCUT2D eigenvalue weighted by atomic mass is 10.2. The summed E-state index contributed by atoms with van der Waals surface area (Å²) in [6.07, 6.45) is 3.67. The van der Waals surface area contributed by atoms with E-state index in [0.717, 1.165) is 11.4 Å². The molecule has 0 bridgehead atoms. The first kappa shape index (κ1) is 13.5. The molecule has 0 spiro atoms. The average molecular weight is 300 g/mol. The van der Waals surface area contributed by atoms with Crippen LogP contribution in [0.15, 0.2) is 55.0 Å². The Morgan fingerprint density at radius 3 is 2.76 bits per heavy atom. The number of nitrogen functional groups attached to an aromatic ring is 1. The molecule has 0 saturated carbocycles. The third-order valence-electron chi connectivity index (χ3n) is 3.00. The second-order valence-electron chi connectivity index (χ2n) is 4.71. The molecule has 3 rings (SSSR count). The van der Waals surface area contributed by atoms with Gasteiger partial charge in [0.25, 0.3) is 0 Å². The van der Waals surface area contributed by atoms with Crippen molar-refractivity contribution in [1.29, 1.82) is 0 Å². The van der Waals surface area contributed by atoms with Crippen LogP contribution < -0.4 is 10.5 Å². The number of hydrogen-bond acceptors (Lipinski definition) is 3. The smallest absolute Gasteiger partial charge is 0.153 e. The largest absolute Gasteiger partial charge is 0.455 e. The lowest BCUT2D eigenvalue weighted by Crippen LogP contribution is -1.97. The van der Waals surface area contributed by atoms with Crippen LogP contribution in [-0.4, -0.2) is 9.55 Å². The third-order valence-corrected chi connectivity index (χ3v) is 3.23. The highest BCUT2D eigenvalue weighted by Crippen LogP contribution is 2.31. The molecule has 0 atom stereocenters. The number of nitrogens with two attached hydrogens (primary N) is 1. The number of halogens is 1. The maximum absolute atomic E-state index is 5.98. The fraction of sp³-hybridized carbons (Fsp3) is 0.0625. The summed E-state index contributed by atoms with van der Waals surface area (Å²) in [4.78, 5) is 4.23. The molecule has 0 fully saturated rings. The highest BCUT2D eigenvalue weighted by Gasteiger charge is 2.09. The summed E-state index contributed by atoms with van der Waals surface area (Å²) in [7, 11) is 0. The number of imidazole rings is 1. The van der Waals surface area contributed by atoms with E-state index >= 15 is 0 Å². The molecule has 5 heteroatoms. The Morgan fingerprint density at radius 2 is 2.05 bits per heavy atom. The minimum Gasteiger partial charge on any atom is -0.455 e. The van der Waals surface area contributed by atoms with Crippen molar-refractivity contribution >= 4 is 17.3 Å². The number of ether oxygens (including phenoxy) is 1. The van der Waals surface area contributed by atoms with Crippen LogP contribution in [0.3, 0.4) is 0 Å². The standard InChI is InChI=1S/C16H14ClN3O/c1-11-9-20(10-19-11)15-6-5-13(18)8-16(15)21-14-4-2-3-12(17)7-14/h2-10H,18H2,1H3. The van der Waals surface area contributed by atoms with Crippen LogP contribution in [0, 0.1) is 6.92 Å². The van der Waals surface area contributed by atoms with Gasteiger partial charge in [-0.2, -0.15) is 0 Å². The molecule has 0 saturated heterocycles. The molecule has 2 aromatic carbocycles. The number of hydrogen-bond donors (Lipinski definition) is 1. The molecular formula is C16H14ClN3O. The minimum atomic E-state index is 0.622. The molecule has 4 nitrogen and oxygen atoms in total. The van der Waals surface area contributed by atoms with Crippen LogP contribution in [0.1, 0.15) is 5.69 Å². The van der Waals surface area contributed by atoms with Gasteiger partial charge >= 0.3 is 0 Å². The van der Waals surface area contributed by atoms with Crippen molar-refractivity contribution in [3.8, 4) is 17.2 Å². The van der Waals surface area contributed by atoms with Gasteiger partial charge in [0.1, 0.15) is 5.75 Å². The summed E-state index contributed by atoms with van der Waals surface area (Å²) < 4.78 is 7.82. The van der Waals surface area contributed by atoms with E-state index < -0.39 is 0 Å². The van der Waals surface area contributed by atoms with Crippen molar-refractivity contribution in [2.45, 2.75) is 6.92 Å². The van der Waals surface area contributed by atoms with Crippen LogP contribution in [0.2, 0.25) is 5.02 Å². The van der Waals surface area contributed by atoms with E-state index in [1.165, 1.54) is 0 Å². The summed E-state index contributed by atoms with van der Waals surface area (Å²) >= 11 is 5.98. The summed E-state index contributed by atoms with van der Waals surface area (Å²) in [6, 6.07) is 12.8. The van der Waals surface area contributed by atoms with E-state index in [2.05, 4.69) is 4.98 Å². The summed E-state index contributed by atoms with van der Waals surface area (Å²) in [6.45, 7) is 1.94. The van der Waals surface area contributed by atoms with Gasteiger partial charge in [0.05, 0.1) is 17.7 Å². The van der Waals surface area contributed by atoms with Crippen LogP contribution in [-0.2, 0) is 0 Å². The second kappa shape index (κ2) is 5.50. The minimum absolute atomic E-state index is 0.622. The first-order chi connectivity index (χ1) is 10.1. The van der Waals surface area contributed by atoms with Crippen molar-refractivity contribution in [2.75, 3.05) is 5.73 Å². The SMILES string of the molecule is Cc1cn(-c2ccc(N)cc2Oc2cccc(Cl)c2)cn1. The number of nitrogens with zero attached hydrogens (tertiary/aromatic N) is 2. The molecule has 0 radical (unpaired) electrons. The van der Waals surface area contributed by atoms with Gasteiger partial charge in [-0.15, -0.1) is 0 Å². The highest BCUT2D eigenvalue weighted by atomic mass is 35.5. The topological polar surface area (TPSA) is 53.1 Å². The van der Waals surface area contributed by atoms with E-state index in [-0.39, 0.29) is 0 Å². The maximum Gasteiger partial charge on any atom is 0.153 e. The predicted molar refractivity (Wildman–Crippen MR) is 84.2 cm³/mol. The quantitative estimate of drug-likeness (QED) is 0.737. The van der Waals surface area contributed by atoms with Crippen LogP contribution in [0.5, 0.6) is 11.5 Å². The zero-order valence-corrected chi connectivity index (χ0v) is 12.2. The van der Waals surface area contributed by atoms with Crippen molar-refractivity contribution in [2.24, 2.45) is 0 Å². The molecule has 106 valence electrons. The summed E-state index contributed by atoms with van der Waals surface area (Å²) in [5, 5.41) is 0.622. The van der Waals surface area contributed by atoms with Gasteiger partial charge in [0.2, 0.25) is 0 Å². The molecule has 0 unspecified atom stereocenters. The van der Waals surface area contributed by atoms with Crippen LogP contribution in [0.25, 0.3) is 5.69 Å². The molecule has 0 aliphatic carbocycles. The zero-order chi connectivity index (χ0) is 14.8. The number of rotatable bonds is 3. The molecule has 21 heavy (non-hydrogen) atoms. The van der Waals surface area contributed by atoms with Gasteiger partial charge in [-0.3, -0.25) is 0 Å². The fourth-order valence-electron chi connectivity index (χ4n) is 2.04. The van der Waals surface area contributed by atoms with Gasteiger partial charge in [-0.25, -0.2) is 4.98 Å². The van der Waals surface area contributed by atoms with Gasteiger partial charge in [-0.05, 0) is 37.3 Å². The molecule has 0 aliphatic rings. The lowest BCUT2D eigenvalue weighted by molar-refractivity contribution is 0.480. The van der Waals surface area contributed by atoms with Crippen molar-refractivity contribution in [3.63, 3.8) is 0 Å². The molecule has 1 heterocycles.